The number of aromatic nitrogens is 2. The average Bonchev–Trinajstić information content (AvgIpc) is 2.97. The van der Waals surface area contributed by atoms with Crippen molar-refractivity contribution in [3.63, 3.8) is 0 Å². The maximum atomic E-state index is 14.1. The predicted molar refractivity (Wildman–Crippen MR) is 92.2 cm³/mol. The fourth-order valence-electron chi connectivity index (χ4n) is 3.18. The minimum atomic E-state index is -5.59. The lowest BCUT2D eigenvalue weighted by molar-refractivity contribution is -0.196. The third-order valence-corrected chi connectivity index (χ3v) is 4.79. The molecule has 0 radical (unpaired) electrons. The second kappa shape index (κ2) is 6.72. The van der Waals surface area contributed by atoms with Crippen LogP contribution in [-0.2, 0) is 30.6 Å². The van der Waals surface area contributed by atoms with Gasteiger partial charge in [0.2, 0.25) is 0 Å². The third-order valence-electron chi connectivity index (χ3n) is 4.79. The van der Waals surface area contributed by atoms with Gasteiger partial charge in [-0.1, -0.05) is 6.07 Å². The molecule has 1 atom stereocenters. The van der Waals surface area contributed by atoms with E-state index in [0.717, 1.165) is 26.2 Å². The molecule has 8 nitrogen and oxygen atoms in total. The van der Waals surface area contributed by atoms with E-state index in [9.17, 15) is 45.5 Å². The quantitative estimate of drug-likeness (QED) is 0.673. The maximum Gasteiger partial charge on any atom is 0.425 e. The van der Waals surface area contributed by atoms with Gasteiger partial charge in [0, 0.05) is 19.7 Å². The molecule has 166 valence electrons. The monoisotopic (exact) mass is 450 g/mol. The number of alkyl halides is 6. The minimum Gasteiger partial charge on any atom is -0.326 e. The lowest BCUT2D eigenvalue weighted by Gasteiger charge is -2.30. The zero-order valence-corrected chi connectivity index (χ0v) is 15.6. The Morgan fingerprint density at radius 2 is 1.65 bits per heavy atom. The van der Waals surface area contributed by atoms with Crippen LogP contribution in [0.1, 0.15) is 21.5 Å². The molecule has 2 heterocycles. The lowest BCUT2D eigenvalue weighted by Crippen LogP contribution is -2.62. The van der Waals surface area contributed by atoms with Crippen LogP contribution in [0.2, 0.25) is 0 Å². The van der Waals surface area contributed by atoms with Gasteiger partial charge >= 0.3 is 18.0 Å². The van der Waals surface area contributed by atoms with Gasteiger partial charge in [0.05, 0.1) is 5.56 Å². The number of hydrogen-bond acceptors (Lipinski definition) is 4. The highest BCUT2D eigenvalue weighted by Gasteiger charge is 2.68. The first kappa shape index (κ1) is 22.1. The van der Waals surface area contributed by atoms with Crippen LogP contribution in [0.4, 0.5) is 32.2 Å². The van der Waals surface area contributed by atoms with Crippen molar-refractivity contribution < 1.29 is 35.9 Å². The molecule has 2 N–H and O–H groups in total. The molecule has 1 aliphatic rings. The van der Waals surface area contributed by atoms with Crippen LogP contribution in [-0.4, -0.2) is 27.1 Å². The summed E-state index contributed by atoms with van der Waals surface area (Å²) < 4.78 is 82.0. The molecule has 0 aliphatic carbocycles. The molecule has 0 bridgehead atoms. The van der Waals surface area contributed by atoms with Crippen molar-refractivity contribution >= 4 is 17.6 Å². The molecule has 2 amide bonds. The Hall–Kier alpha value is -3.58. The maximum absolute atomic E-state index is 14.1. The second-order valence-corrected chi connectivity index (χ2v) is 6.66. The normalized spacial score (nSPS) is 18.5. The van der Waals surface area contributed by atoms with E-state index >= 15 is 0 Å². The van der Waals surface area contributed by atoms with Gasteiger partial charge in [0.25, 0.3) is 22.9 Å². The molecule has 2 aromatic rings. The summed E-state index contributed by atoms with van der Waals surface area (Å²) in [5, 5.41) is 3.14. The molecule has 1 aliphatic heterocycles. The van der Waals surface area contributed by atoms with E-state index in [-0.39, 0.29) is 0 Å². The summed E-state index contributed by atoms with van der Waals surface area (Å²) in [7, 11) is 1.85. The van der Waals surface area contributed by atoms with Gasteiger partial charge in [-0.25, -0.2) is 4.79 Å². The van der Waals surface area contributed by atoms with Gasteiger partial charge in [0.1, 0.15) is 11.4 Å². The van der Waals surface area contributed by atoms with E-state index in [4.69, 9.17) is 0 Å². The van der Waals surface area contributed by atoms with Gasteiger partial charge in [-0.2, -0.15) is 26.3 Å². The van der Waals surface area contributed by atoms with Gasteiger partial charge in [-0.05, 0) is 18.2 Å². The molecule has 1 aromatic carbocycles. The van der Waals surface area contributed by atoms with E-state index in [1.807, 2.05) is 0 Å². The molecular formula is C17H12F6N4O4. The molecule has 0 saturated carbocycles. The van der Waals surface area contributed by atoms with E-state index in [1.165, 1.54) is 5.32 Å². The minimum absolute atomic E-state index is 0.298. The number of amides is 2. The van der Waals surface area contributed by atoms with E-state index in [1.54, 1.807) is 5.32 Å². The number of benzene rings is 1. The standard InChI is InChI=1S/C17H12F6N4O4/c1-26-10-9(12(29)27(2)14(26)31)15(13(30)24-10,17(21,22)23)25-11(28)7-4-3-5-8(6-7)16(18,19)20/h3-6H,1-2H3,(H,24,30)(H,25,28)/t15-/m0/s1. The fourth-order valence-corrected chi connectivity index (χ4v) is 3.18. The summed E-state index contributed by atoms with van der Waals surface area (Å²) in [5.74, 6) is -4.38. The number of carbonyl (C=O) groups is 2. The summed E-state index contributed by atoms with van der Waals surface area (Å²) in [6.45, 7) is 0. The Labute approximate surface area is 168 Å². The Morgan fingerprint density at radius 1 is 1.03 bits per heavy atom. The number of hydrogen-bond donors (Lipinski definition) is 2. The van der Waals surface area contributed by atoms with Crippen LogP contribution in [0.3, 0.4) is 0 Å². The fraction of sp³-hybridized carbons (Fsp3) is 0.294. The van der Waals surface area contributed by atoms with Crippen LogP contribution in [0.5, 0.6) is 0 Å². The SMILES string of the molecule is Cn1c2c(c(=O)n(C)c1=O)[C@@](NC(=O)c1cccc(C(F)(F)F)c1)(C(F)(F)F)C(=O)N2. The molecule has 1 aromatic heterocycles. The summed E-state index contributed by atoms with van der Waals surface area (Å²) >= 11 is 0. The van der Waals surface area contributed by atoms with Crippen LogP contribution >= 0.6 is 0 Å². The van der Waals surface area contributed by atoms with Crippen LogP contribution < -0.4 is 21.9 Å². The largest absolute Gasteiger partial charge is 0.425 e. The van der Waals surface area contributed by atoms with Crippen LogP contribution in [0.25, 0.3) is 0 Å². The Kier molecular flexibility index (Phi) is 4.79. The number of rotatable bonds is 2. The number of halogens is 6. The highest BCUT2D eigenvalue weighted by atomic mass is 19.4. The first-order valence-electron chi connectivity index (χ1n) is 8.31. The van der Waals surface area contributed by atoms with Crippen molar-refractivity contribution in [3.8, 4) is 0 Å². The zero-order valence-electron chi connectivity index (χ0n) is 15.6. The molecule has 14 heteroatoms. The highest BCUT2D eigenvalue weighted by molar-refractivity contribution is 6.09. The van der Waals surface area contributed by atoms with E-state index < -0.39 is 63.5 Å². The third kappa shape index (κ3) is 3.18. The number of anilines is 1. The van der Waals surface area contributed by atoms with Crippen molar-refractivity contribution in [2.45, 2.75) is 17.9 Å². The van der Waals surface area contributed by atoms with Crippen molar-refractivity contribution in [2.24, 2.45) is 14.1 Å². The summed E-state index contributed by atoms with van der Waals surface area (Å²) in [6, 6.07) is 2.50. The van der Waals surface area contributed by atoms with Gasteiger partial charge < -0.3 is 10.6 Å². The highest BCUT2D eigenvalue weighted by Crippen LogP contribution is 2.45. The van der Waals surface area contributed by atoms with Gasteiger partial charge in [-0.15, -0.1) is 0 Å². The molecule has 3 rings (SSSR count). The number of carbonyl (C=O) groups excluding carboxylic acids is 2. The summed E-state index contributed by atoms with van der Waals surface area (Å²) in [4.78, 5) is 49.4. The molecule has 31 heavy (non-hydrogen) atoms. The number of fused-ring (bicyclic) bond motifs is 1. The molecule has 0 unspecified atom stereocenters. The Balaban J connectivity index is 2.23. The number of nitrogens with zero attached hydrogens (tertiary/aromatic N) is 2. The molecule has 0 saturated heterocycles. The molecule has 0 spiro atoms. The van der Waals surface area contributed by atoms with Crippen LogP contribution in [0, 0.1) is 0 Å². The average molecular weight is 450 g/mol. The zero-order chi connectivity index (χ0) is 23.5. The van der Waals surface area contributed by atoms with Crippen LogP contribution in [0.15, 0.2) is 33.9 Å². The predicted octanol–water partition coefficient (Wildman–Crippen LogP) is 1.24. The van der Waals surface area contributed by atoms with Crippen molar-refractivity contribution in [1.29, 1.82) is 0 Å². The Bertz CT molecular complexity index is 1230. The second-order valence-electron chi connectivity index (χ2n) is 6.66. The first-order valence-corrected chi connectivity index (χ1v) is 8.31. The van der Waals surface area contributed by atoms with Crippen molar-refractivity contribution in [3.05, 3.63) is 61.8 Å². The van der Waals surface area contributed by atoms with E-state index in [0.29, 0.717) is 21.3 Å². The number of nitrogens with one attached hydrogen (secondary N) is 2. The van der Waals surface area contributed by atoms with E-state index in [2.05, 4.69) is 0 Å². The smallest absolute Gasteiger partial charge is 0.326 e. The summed E-state index contributed by atoms with van der Waals surface area (Å²) in [6.07, 6.45) is -10.5. The molecule has 0 fully saturated rings. The van der Waals surface area contributed by atoms with Crippen molar-refractivity contribution in [2.75, 3.05) is 5.32 Å². The van der Waals surface area contributed by atoms with Crippen molar-refractivity contribution in [1.82, 2.24) is 14.5 Å². The summed E-state index contributed by atoms with van der Waals surface area (Å²) in [5.41, 5.74) is -9.93. The van der Waals surface area contributed by atoms with Gasteiger partial charge in [-0.3, -0.25) is 23.5 Å². The lowest BCUT2D eigenvalue weighted by atomic mass is 9.91. The first-order chi connectivity index (χ1) is 14.1. The Morgan fingerprint density at radius 3 is 2.19 bits per heavy atom. The topological polar surface area (TPSA) is 102 Å². The van der Waals surface area contributed by atoms with Gasteiger partial charge in [0.15, 0.2) is 0 Å². The molecular weight excluding hydrogens is 438 g/mol.